The van der Waals surface area contributed by atoms with Crippen LogP contribution in [-0.4, -0.2) is 105 Å². The summed E-state index contributed by atoms with van der Waals surface area (Å²) in [4.78, 5) is 23.3. The molecule has 222 valence electrons. The molecular weight excluding hydrogens is 562 g/mol. The first-order valence-corrected chi connectivity index (χ1v) is 17.0. The van der Waals surface area contributed by atoms with Gasteiger partial charge in [0.15, 0.2) is 0 Å². The van der Waals surface area contributed by atoms with Gasteiger partial charge in [0.1, 0.15) is 5.69 Å². The van der Waals surface area contributed by atoms with E-state index in [1.165, 1.54) is 43.4 Å². The number of ether oxygens (including phenoxy) is 2. The van der Waals surface area contributed by atoms with Crippen molar-refractivity contribution in [3.8, 4) is 17.1 Å². The van der Waals surface area contributed by atoms with Gasteiger partial charge in [-0.1, -0.05) is 0 Å². The van der Waals surface area contributed by atoms with Crippen LogP contribution in [0.4, 0.5) is 11.6 Å². The first-order valence-electron chi connectivity index (χ1n) is 14.3. The summed E-state index contributed by atoms with van der Waals surface area (Å²) < 4.78 is 38.6. The van der Waals surface area contributed by atoms with Crippen LogP contribution in [0.5, 0.6) is 5.88 Å². The second-order valence-corrected chi connectivity index (χ2v) is 14.3. The number of hydrogen-bond acceptors (Lipinski definition) is 11. The Kier molecular flexibility index (Phi) is 8.07. The summed E-state index contributed by atoms with van der Waals surface area (Å²) in [5.74, 6) is 0.866. The molecule has 0 saturated carbocycles. The number of pyridine rings is 1. The summed E-state index contributed by atoms with van der Waals surface area (Å²) in [5.41, 5.74) is 3.93. The third-order valence-corrected chi connectivity index (χ3v) is 10.2. The zero-order chi connectivity index (χ0) is 28.7. The zero-order valence-corrected chi connectivity index (χ0v) is 25.9. The van der Waals surface area contributed by atoms with Gasteiger partial charge in [-0.3, -0.25) is 14.5 Å². The predicted molar refractivity (Wildman–Crippen MR) is 163 cm³/mol. The molecule has 0 aliphatic carbocycles. The number of morpholine rings is 1. The van der Waals surface area contributed by atoms with Gasteiger partial charge in [0.25, 0.3) is 0 Å². The van der Waals surface area contributed by atoms with E-state index in [1.807, 2.05) is 0 Å². The Balaban J connectivity index is 1.40. The molecule has 3 aliphatic rings. The van der Waals surface area contributed by atoms with Crippen LogP contribution in [0.1, 0.15) is 36.6 Å². The molecule has 3 fully saturated rings. The molecule has 11 nitrogen and oxygen atoms in total. The average molecular weight is 602 g/mol. The van der Waals surface area contributed by atoms with Gasteiger partial charge in [-0.05, 0) is 45.7 Å². The molecule has 6 rings (SSSR count). The van der Waals surface area contributed by atoms with Crippen LogP contribution in [0.2, 0.25) is 0 Å². The van der Waals surface area contributed by atoms with Crippen molar-refractivity contribution in [2.45, 2.75) is 51.7 Å². The molecule has 0 aromatic carbocycles. The van der Waals surface area contributed by atoms with E-state index in [1.54, 1.807) is 23.6 Å². The van der Waals surface area contributed by atoms with Crippen molar-refractivity contribution in [2.75, 3.05) is 68.9 Å². The van der Waals surface area contributed by atoms with E-state index in [4.69, 9.17) is 19.4 Å². The van der Waals surface area contributed by atoms with Crippen molar-refractivity contribution in [3.63, 3.8) is 0 Å². The standard InChI is InChI=1S/C28H39N7O4S2/c1-18-6-5-8-35(18)21-7-9-33(16-21)17-22-19(2)40-26-24(30-28(31-25(22)26)34-10-12-39-13-11-34)20-14-23(32-41(4,36)37)27(38-3)29-15-20/h14-15,18,21,32H,5-13,16-17H2,1-4H3/t18-,21+/m0/s1. The van der Waals surface area contributed by atoms with Crippen molar-refractivity contribution in [1.82, 2.24) is 24.8 Å². The number of fused-ring (bicyclic) bond motifs is 1. The summed E-state index contributed by atoms with van der Waals surface area (Å²) in [7, 11) is -2.07. The fraction of sp³-hybridized carbons (Fsp3) is 0.607. The van der Waals surface area contributed by atoms with Crippen LogP contribution in [0.3, 0.4) is 0 Å². The second-order valence-electron chi connectivity index (χ2n) is 11.3. The predicted octanol–water partition coefficient (Wildman–Crippen LogP) is 3.34. The number of aromatic nitrogens is 3. The summed E-state index contributed by atoms with van der Waals surface area (Å²) in [6, 6.07) is 3.04. The van der Waals surface area contributed by atoms with Gasteiger partial charge in [-0.25, -0.2) is 23.4 Å². The van der Waals surface area contributed by atoms with Crippen LogP contribution in [0, 0.1) is 6.92 Å². The Morgan fingerprint density at radius 1 is 1.17 bits per heavy atom. The van der Waals surface area contributed by atoms with Crippen molar-refractivity contribution in [1.29, 1.82) is 0 Å². The van der Waals surface area contributed by atoms with E-state index < -0.39 is 10.0 Å². The quantitative estimate of drug-likeness (QED) is 0.413. The summed E-state index contributed by atoms with van der Waals surface area (Å²) in [5, 5.41) is 0. The van der Waals surface area contributed by atoms with E-state index in [0.717, 1.165) is 41.8 Å². The van der Waals surface area contributed by atoms with Crippen LogP contribution in [0.15, 0.2) is 12.3 Å². The molecule has 0 spiro atoms. The molecule has 3 aliphatic heterocycles. The van der Waals surface area contributed by atoms with Crippen molar-refractivity contribution in [2.24, 2.45) is 0 Å². The zero-order valence-electron chi connectivity index (χ0n) is 24.2. The number of thiophene rings is 1. The van der Waals surface area contributed by atoms with Gasteiger partial charge in [0.05, 0.1) is 42.5 Å². The molecule has 0 bridgehead atoms. The minimum atomic E-state index is -3.54. The molecule has 3 aromatic heterocycles. The highest BCUT2D eigenvalue weighted by Gasteiger charge is 2.33. The molecule has 6 heterocycles. The number of sulfonamides is 1. The number of anilines is 2. The maximum Gasteiger partial charge on any atom is 0.238 e. The van der Waals surface area contributed by atoms with E-state index in [2.05, 4.69) is 38.3 Å². The summed E-state index contributed by atoms with van der Waals surface area (Å²) in [6.45, 7) is 11.4. The summed E-state index contributed by atoms with van der Waals surface area (Å²) in [6.07, 6.45) is 6.61. The number of aryl methyl sites for hydroxylation is 1. The van der Waals surface area contributed by atoms with Gasteiger partial charge in [-0.15, -0.1) is 11.3 Å². The van der Waals surface area contributed by atoms with Crippen LogP contribution in [-0.2, 0) is 21.3 Å². The van der Waals surface area contributed by atoms with E-state index in [-0.39, 0.29) is 11.6 Å². The molecule has 13 heteroatoms. The number of likely N-dealkylation sites (tertiary alicyclic amines) is 2. The van der Waals surface area contributed by atoms with E-state index in [0.29, 0.717) is 49.9 Å². The largest absolute Gasteiger partial charge is 0.480 e. The monoisotopic (exact) mass is 601 g/mol. The van der Waals surface area contributed by atoms with Gasteiger partial charge in [-0.2, -0.15) is 0 Å². The smallest absolute Gasteiger partial charge is 0.238 e. The topological polar surface area (TPSA) is 113 Å². The Labute approximate surface area is 245 Å². The summed E-state index contributed by atoms with van der Waals surface area (Å²) >= 11 is 1.69. The van der Waals surface area contributed by atoms with Crippen molar-refractivity contribution in [3.05, 3.63) is 22.7 Å². The maximum absolute atomic E-state index is 12.1. The van der Waals surface area contributed by atoms with Crippen molar-refractivity contribution >= 4 is 43.2 Å². The van der Waals surface area contributed by atoms with E-state index >= 15 is 0 Å². The highest BCUT2D eigenvalue weighted by atomic mass is 32.2. The third-order valence-electron chi connectivity index (χ3n) is 8.43. The number of nitrogens with one attached hydrogen (secondary N) is 1. The fourth-order valence-corrected chi connectivity index (χ4v) is 8.04. The van der Waals surface area contributed by atoms with Crippen LogP contribution in [0.25, 0.3) is 21.5 Å². The average Bonchev–Trinajstić information content (AvgIpc) is 3.67. The molecular formula is C28H39N7O4S2. The molecule has 1 N–H and O–H groups in total. The van der Waals surface area contributed by atoms with Gasteiger partial charge in [0, 0.05) is 67.0 Å². The SMILES string of the molecule is COc1ncc(-c2nc(N3CCOCC3)nc3c(CN4CC[C@@H](N5CCC[C@@H]5C)C4)c(C)sc23)cc1NS(C)(=O)=O. The van der Waals surface area contributed by atoms with Crippen molar-refractivity contribution < 1.29 is 17.9 Å². The highest BCUT2D eigenvalue weighted by Crippen LogP contribution is 2.40. The Morgan fingerprint density at radius 2 is 1.98 bits per heavy atom. The van der Waals surface area contributed by atoms with Gasteiger partial charge in [0.2, 0.25) is 21.9 Å². The third kappa shape index (κ3) is 6.00. The first-order chi connectivity index (χ1) is 19.7. The first kappa shape index (κ1) is 28.5. The van der Waals surface area contributed by atoms with E-state index in [9.17, 15) is 8.42 Å². The van der Waals surface area contributed by atoms with Gasteiger partial charge < -0.3 is 14.4 Å². The lowest BCUT2D eigenvalue weighted by atomic mass is 10.1. The second kappa shape index (κ2) is 11.6. The van der Waals surface area contributed by atoms with Crippen LogP contribution < -0.4 is 14.4 Å². The number of rotatable bonds is 8. The lowest BCUT2D eigenvalue weighted by Gasteiger charge is -2.28. The molecule has 2 atom stereocenters. The molecule has 0 amide bonds. The Hall–Kier alpha value is -2.58. The molecule has 3 aromatic rings. The molecule has 0 radical (unpaired) electrons. The highest BCUT2D eigenvalue weighted by molar-refractivity contribution is 7.92. The fourth-order valence-electron chi connectivity index (χ4n) is 6.37. The minimum absolute atomic E-state index is 0.205. The number of methoxy groups -OCH3 is 1. The number of hydrogen-bond donors (Lipinski definition) is 1. The Bertz CT molecular complexity index is 1520. The number of nitrogens with zero attached hydrogens (tertiary/aromatic N) is 6. The normalized spacial score (nSPS) is 22.6. The molecule has 3 saturated heterocycles. The molecule has 0 unspecified atom stereocenters. The minimum Gasteiger partial charge on any atom is -0.480 e. The Morgan fingerprint density at radius 3 is 2.68 bits per heavy atom. The van der Waals surface area contributed by atoms with Crippen LogP contribution >= 0.6 is 11.3 Å². The maximum atomic E-state index is 12.1. The lowest BCUT2D eigenvalue weighted by Crippen LogP contribution is -2.39. The van der Waals surface area contributed by atoms with Gasteiger partial charge >= 0.3 is 0 Å². The lowest BCUT2D eigenvalue weighted by molar-refractivity contribution is 0.122. The molecule has 41 heavy (non-hydrogen) atoms.